The SMILES string of the molecule is CCc1nc(C(C)C)nc(N2CCN(C(=O)CC(C)C)CC2)c1Cc1ccccc1F. The number of benzene rings is 1. The summed E-state index contributed by atoms with van der Waals surface area (Å²) < 4.78 is 14.4. The molecule has 1 aliphatic heterocycles. The molecule has 0 spiro atoms. The van der Waals surface area contributed by atoms with Crippen molar-refractivity contribution in [3.63, 3.8) is 0 Å². The molecule has 2 heterocycles. The Labute approximate surface area is 185 Å². The predicted molar refractivity (Wildman–Crippen MR) is 123 cm³/mol. The number of rotatable bonds is 7. The van der Waals surface area contributed by atoms with Gasteiger partial charge in [-0.05, 0) is 24.0 Å². The third kappa shape index (κ3) is 5.60. The average molecular weight is 427 g/mol. The minimum atomic E-state index is -0.201. The molecule has 1 amide bonds. The molecule has 0 saturated carbocycles. The van der Waals surface area contributed by atoms with E-state index in [1.54, 1.807) is 6.07 Å². The van der Waals surface area contributed by atoms with E-state index in [-0.39, 0.29) is 17.6 Å². The molecule has 3 rings (SSSR count). The van der Waals surface area contributed by atoms with Crippen LogP contribution in [-0.4, -0.2) is 47.0 Å². The van der Waals surface area contributed by atoms with Crippen molar-refractivity contribution in [2.45, 2.75) is 59.8 Å². The van der Waals surface area contributed by atoms with Crippen molar-refractivity contribution >= 4 is 11.7 Å². The molecule has 1 saturated heterocycles. The molecule has 0 radical (unpaired) electrons. The highest BCUT2D eigenvalue weighted by molar-refractivity contribution is 5.76. The number of nitrogens with zero attached hydrogens (tertiary/aromatic N) is 4. The quantitative estimate of drug-likeness (QED) is 0.650. The highest BCUT2D eigenvalue weighted by Crippen LogP contribution is 2.28. The topological polar surface area (TPSA) is 49.3 Å². The minimum Gasteiger partial charge on any atom is -0.353 e. The number of hydrogen-bond acceptors (Lipinski definition) is 4. The van der Waals surface area contributed by atoms with Gasteiger partial charge < -0.3 is 9.80 Å². The average Bonchev–Trinajstić information content (AvgIpc) is 2.74. The Balaban J connectivity index is 1.92. The maximum atomic E-state index is 14.4. The molecule has 1 aromatic heterocycles. The van der Waals surface area contributed by atoms with Crippen molar-refractivity contribution in [1.82, 2.24) is 14.9 Å². The summed E-state index contributed by atoms with van der Waals surface area (Å²) in [5, 5.41) is 0. The molecule has 2 aromatic rings. The zero-order valence-electron chi connectivity index (χ0n) is 19.5. The number of anilines is 1. The number of piperazine rings is 1. The van der Waals surface area contributed by atoms with Crippen molar-refractivity contribution in [2.75, 3.05) is 31.1 Å². The summed E-state index contributed by atoms with van der Waals surface area (Å²) in [6, 6.07) is 6.92. The third-order valence-electron chi connectivity index (χ3n) is 5.78. The van der Waals surface area contributed by atoms with Crippen molar-refractivity contribution in [3.05, 3.63) is 52.7 Å². The number of aromatic nitrogens is 2. The Morgan fingerprint density at radius 3 is 2.32 bits per heavy atom. The fraction of sp³-hybridized carbons (Fsp3) is 0.560. The van der Waals surface area contributed by atoms with Crippen LogP contribution in [0.15, 0.2) is 24.3 Å². The minimum absolute atomic E-state index is 0.201. The van der Waals surface area contributed by atoms with E-state index in [1.807, 2.05) is 17.0 Å². The van der Waals surface area contributed by atoms with Gasteiger partial charge in [0, 0.05) is 56.2 Å². The number of hydrogen-bond donors (Lipinski definition) is 0. The van der Waals surface area contributed by atoms with Gasteiger partial charge >= 0.3 is 0 Å². The molecular formula is C25H35FN4O. The van der Waals surface area contributed by atoms with Crippen molar-refractivity contribution < 1.29 is 9.18 Å². The van der Waals surface area contributed by atoms with Gasteiger partial charge in [-0.25, -0.2) is 14.4 Å². The van der Waals surface area contributed by atoms with Crippen molar-refractivity contribution in [3.8, 4) is 0 Å². The summed E-state index contributed by atoms with van der Waals surface area (Å²) in [5.41, 5.74) is 2.64. The lowest BCUT2D eigenvalue weighted by Gasteiger charge is -2.37. The number of aryl methyl sites for hydroxylation is 1. The van der Waals surface area contributed by atoms with Gasteiger partial charge in [-0.1, -0.05) is 52.8 Å². The van der Waals surface area contributed by atoms with Crippen LogP contribution in [0.3, 0.4) is 0 Å². The molecule has 0 aliphatic carbocycles. The van der Waals surface area contributed by atoms with Crippen molar-refractivity contribution in [1.29, 1.82) is 0 Å². The first-order valence-corrected chi connectivity index (χ1v) is 11.5. The summed E-state index contributed by atoms with van der Waals surface area (Å²) in [7, 11) is 0. The van der Waals surface area contributed by atoms with Gasteiger partial charge in [0.05, 0.1) is 0 Å². The number of halogens is 1. The Bertz CT molecular complexity index is 904. The van der Waals surface area contributed by atoms with E-state index in [2.05, 4.69) is 39.5 Å². The molecule has 6 heteroatoms. The fourth-order valence-electron chi connectivity index (χ4n) is 4.01. The Hall–Kier alpha value is -2.50. The van der Waals surface area contributed by atoms with Gasteiger partial charge in [-0.2, -0.15) is 0 Å². The largest absolute Gasteiger partial charge is 0.353 e. The van der Waals surface area contributed by atoms with E-state index in [0.29, 0.717) is 37.4 Å². The van der Waals surface area contributed by atoms with Crippen LogP contribution in [-0.2, 0) is 17.6 Å². The zero-order chi connectivity index (χ0) is 22.5. The van der Waals surface area contributed by atoms with Crippen LogP contribution in [0.1, 0.15) is 69.6 Å². The molecule has 0 unspecified atom stereocenters. The number of amides is 1. The van der Waals surface area contributed by atoms with Crippen LogP contribution < -0.4 is 4.90 Å². The summed E-state index contributed by atoms with van der Waals surface area (Å²) in [4.78, 5) is 26.5. The predicted octanol–water partition coefficient (Wildman–Crippen LogP) is 4.59. The molecule has 0 bridgehead atoms. The van der Waals surface area contributed by atoms with Gasteiger partial charge in [0.2, 0.25) is 5.91 Å². The lowest BCUT2D eigenvalue weighted by Crippen LogP contribution is -2.49. The molecule has 0 N–H and O–H groups in total. The van der Waals surface area contributed by atoms with E-state index in [1.165, 1.54) is 6.07 Å². The summed E-state index contributed by atoms with van der Waals surface area (Å²) in [6.07, 6.45) is 1.82. The van der Waals surface area contributed by atoms with E-state index >= 15 is 0 Å². The first kappa shape index (κ1) is 23.2. The number of carbonyl (C=O) groups is 1. The zero-order valence-corrected chi connectivity index (χ0v) is 19.5. The monoisotopic (exact) mass is 426 g/mol. The summed E-state index contributed by atoms with van der Waals surface area (Å²) in [6.45, 7) is 13.3. The Kier molecular flexibility index (Phi) is 7.63. The van der Waals surface area contributed by atoms with Gasteiger partial charge in [-0.3, -0.25) is 4.79 Å². The lowest BCUT2D eigenvalue weighted by atomic mass is 10.0. The van der Waals surface area contributed by atoms with Crippen LogP contribution in [0, 0.1) is 11.7 Å². The van der Waals surface area contributed by atoms with Crippen molar-refractivity contribution in [2.24, 2.45) is 5.92 Å². The van der Waals surface area contributed by atoms with Crippen LogP contribution >= 0.6 is 0 Å². The number of carbonyl (C=O) groups excluding carboxylic acids is 1. The summed E-state index contributed by atoms with van der Waals surface area (Å²) in [5.74, 6) is 2.31. The van der Waals surface area contributed by atoms with Gasteiger partial charge in [0.15, 0.2) is 0 Å². The second-order valence-corrected chi connectivity index (χ2v) is 9.07. The molecule has 168 valence electrons. The molecule has 1 fully saturated rings. The summed E-state index contributed by atoms with van der Waals surface area (Å²) >= 11 is 0. The van der Waals surface area contributed by atoms with Crippen LogP contribution in [0.5, 0.6) is 0 Å². The Morgan fingerprint density at radius 1 is 1.06 bits per heavy atom. The van der Waals surface area contributed by atoms with E-state index in [0.717, 1.165) is 42.4 Å². The van der Waals surface area contributed by atoms with E-state index < -0.39 is 0 Å². The maximum Gasteiger partial charge on any atom is 0.222 e. The lowest BCUT2D eigenvalue weighted by molar-refractivity contribution is -0.132. The van der Waals surface area contributed by atoms with Crippen LogP contribution in [0.4, 0.5) is 10.2 Å². The maximum absolute atomic E-state index is 14.4. The second-order valence-electron chi connectivity index (χ2n) is 9.07. The van der Waals surface area contributed by atoms with Gasteiger partial charge in [-0.15, -0.1) is 0 Å². The first-order chi connectivity index (χ1) is 14.8. The molecule has 0 atom stereocenters. The second kappa shape index (κ2) is 10.2. The normalized spacial score (nSPS) is 14.6. The highest BCUT2D eigenvalue weighted by atomic mass is 19.1. The van der Waals surface area contributed by atoms with E-state index in [4.69, 9.17) is 9.97 Å². The molecule has 5 nitrogen and oxygen atoms in total. The van der Waals surface area contributed by atoms with Crippen LogP contribution in [0.2, 0.25) is 0 Å². The molecule has 1 aliphatic rings. The van der Waals surface area contributed by atoms with E-state index in [9.17, 15) is 9.18 Å². The molecule has 31 heavy (non-hydrogen) atoms. The first-order valence-electron chi connectivity index (χ1n) is 11.5. The fourth-order valence-corrected chi connectivity index (χ4v) is 4.01. The van der Waals surface area contributed by atoms with Gasteiger partial charge in [0.1, 0.15) is 17.5 Å². The smallest absolute Gasteiger partial charge is 0.222 e. The Morgan fingerprint density at radius 2 is 1.74 bits per heavy atom. The standard InChI is InChI=1S/C25H35FN4O/c1-6-22-20(16-19-9-7-8-10-21(19)26)25(28-24(27-22)18(4)5)30-13-11-29(12-14-30)23(31)15-17(2)3/h7-10,17-18H,6,11-16H2,1-5H3. The van der Waals surface area contributed by atoms with Crippen LogP contribution in [0.25, 0.3) is 0 Å². The highest BCUT2D eigenvalue weighted by Gasteiger charge is 2.26. The third-order valence-corrected chi connectivity index (χ3v) is 5.78. The molecular weight excluding hydrogens is 391 g/mol. The van der Waals surface area contributed by atoms with Gasteiger partial charge in [0.25, 0.3) is 0 Å². The molecule has 1 aromatic carbocycles.